The van der Waals surface area contributed by atoms with Crippen LogP contribution in [0, 0.1) is 0 Å². The molecule has 0 spiro atoms. The lowest BCUT2D eigenvalue weighted by atomic mass is 10.8. The van der Waals surface area contributed by atoms with Gasteiger partial charge in [-0.3, -0.25) is 0 Å². The second-order valence-electron chi connectivity index (χ2n) is 0. The van der Waals surface area contributed by atoms with E-state index in [4.69, 9.17) is 0 Å². The van der Waals surface area contributed by atoms with Crippen molar-refractivity contribution < 1.29 is 0 Å². The van der Waals surface area contributed by atoms with Crippen molar-refractivity contribution >= 4 is 31.8 Å². The Kier molecular flexibility index (Phi) is 4440. The fourth-order valence-electron chi connectivity index (χ4n) is 0. The molecule has 1 atom stereocenters. The van der Waals surface area contributed by atoms with E-state index in [1.54, 1.807) is 0 Å². The van der Waals surface area contributed by atoms with Gasteiger partial charge < -0.3 is 6.15 Å². The minimum atomic E-state index is 0. The summed E-state index contributed by atoms with van der Waals surface area (Å²) in [6, 6.07) is 0. The average Bonchev–Trinajstić information content (AvgIpc) is 0. The van der Waals surface area contributed by atoms with E-state index in [1.165, 1.54) is 0 Å². The molecule has 0 heterocycles. The summed E-state index contributed by atoms with van der Waals surface area (Å²) < 4.78 is 0. The Morgan fingerprint density at radius 2 is 1.00 bits per heavy atom. The standard InChI is InChI=1S/CH4.B.H3N.H3P.H2S/h1H4;;2*1H3;1H2. The summed E-state index contributed by atoms with van der Waals surface area (Å²) in [5.74, 6) is 0. The fourth-order valence-corrected chi connectivity index (χ4v) is 0. The Morgan fingerprint density at radius 3 is 1.00 bits per heavy atom. The highest BCUT2D eigenvalue weighted by Gasteiger charge is 0.0000279. The maximum atomic E-state index is 0. The third-order valence-corrected chi connectivity index (χ3v) is 0. The van der Waals surface area contributed by atoms with Crippen LogP contribution in [0.4, 0.5) is 0 Å². The Balaban J connectivity index is 0. The first-order valence-corrected chi connectivity index (χ1v) is 0. The molecule has 0 saturated heterocycles. The van der Waals surface area contributed by atoms with Gasteiger partial charge in [-0.25, -0.2) is 0 Å². The van der Waals surface area contributed by atoms with E-state index in [9.17, 15) is 0 Å². The van der Waals surface area contributed by atoms with Gasteiger partial charge in [-0.15, -0.1) is 0 Å². The molecule has 5 heavy (non-hydrogen) atoms. The molecule has 0 aliphatic heterocycles. The molecule has 0 aromatic carbocycles. The summed E-state index contributed by atoms with van der Waals surface area (Å²) in [4.78, 5) is 0. The summed E-state index contributed by atoms with van der Waals surface area (Å²) in [5.41, 5.74) is 0. The summed E-state index contributed by atoms with van der Waals surface area (Å²) in [6.07, 6.45) is 0. The quantitative estimate of drug-likeness (QED) is 0.361. The number of hydrogen-bond donors (Lipinski definition) is 1. The lowest BCUT2D eigenvalue weighted by Gasteiger charge is -0.344. The Bertz CT molecular complexity index is 11.6. The van der Waals surface area contributed by atoms with Crippen molar-refractivity contribution in [3.05, 3.63) is 0 Å². The molecule has 1 nitrogen and oxygen atoms in total. The molecule has 0 amide bonds. The molecule has 3 radical (unpaired) electrons. The topological polar surface area (TPSA) is 35.0 Å². The Labute approximate surface area is 46.1 Å². The van der Waals surface area contributed by atoms with Crippen molar-refractivity contribution in [2.24, 2.45) is 0 Å². The molecular formula is CH12BNPS. The second-order valence-corrected chi connectivity index (χ2v) is 0. The van der Waals surface area contributed by atoms with Gasteiger partial charge in [-0.2, -0.15) is 23.4 Å². The van der Waals surface area contributed by atoms with Crippen molar-refractivity contribution in [3.8, 4) is 0 Å². The van der Waals surface area contributed by atoms with Gasteiger partial charge in [-0.05, 0) is 0 Å². The summed E-state index contributed by atoms with van der Waals surface area (Å²) in [5, 5.41) is 0. The van der Waals surface area contributed by atoms with Crippen LogP contribution in [0.25, 0.3) is 0 Å². The first kappa shape index (κ1) is 207. The first-order chi connectivity index (χ1) is 0. The molecule has 0 aliphatic rings. The van der Waals surface area contributed by atoms with Crippen LogP contribution in [0.15, 0.2) is 0 Å². The minimum absolute atomic E-state index is 0. The zero-order valence-corrected chi connectivity index (χ0v) is 4.91. The van der Waals surface area contributed by atoms with Gasteiger partial charge in [0.1, 0.15) is 0 Å². The van der Waals surface area contributed by atoms with Gasteiger partial charge >= 0.3 is 0 Å². The molecular weight excluding hydrogens is 99.9 g/mol. The van der Waals surface area contributed by atoms with Crippen LogP contribution in [0.5, 0.6) is 0 Å². The number of hydrogen-bond acceptors (Lipinski definition) is 1. The van der Waals surface area contributed by atoms with E-state index in [-0.39, 0.29) is 45.4 Å². The highest BCUT2D eigenvalue weighted by Crippen LogP contribution is 0.861. The smallest absolute Gasteiger partial charge is 0 e. The van der Waals surface area contributed by atoms with Crippen molar-refractivity contribution in [3.63, 3.8) is 0 Å². The van der Waals surface area contributed by atoms with Crippen molar-refractivity contribution in [1.82, 2.24) is 6.15 Å². The third-order valence-electron chi connectivity index (χ3n) is 0. The van der Waals surface area contributed by atoms with Crippen LogP contribution in [-0.2, 0) is 0 Å². The van der Waals surface area contributed by atoms with Gasteiger partial charge in [0.25, 0.3) is 0 Å². The maximum Gasteiger partial charge on any atom is 0 e. The minimum Gasteiger partial charge on any atom is -0.344 e. The van der Waals surface area contributed by atoms with E-state index in [2.05, 4.69) is 0 Å². The zero-order valence-electron chi connectivity index (χ0n) is 2.49. The normalized spacial score (nSPS) is 0. The molecule has 0 saturated carbocycles. The van der Waals surface area contributed by atoms with E-state index in [0.29, 0.717) is 0 Å². The van der Waals surface area contributed by atoms with Gasteiger partial charge in [0.05, 0.1) is 0 Å². The third kappa shape index (κ3) is 58.3. The van der Waals surface area contributed by atoms with Crippen LogP contribution in [0.1, 0.15) is 7.43 Å². The van der Waals surface area contributed by atoms with Crippen molar-refractivity contribution in [1.29, 1.82) is 0 Å². The summed E-state index contributed by atoms with van der Waals surface area (Å²) >= 11 is 0. The maximum absolute atomic E-state index is 0. The predicted molar refractivity (Wildman–Crippen MR) is 39.0 cm³/mol. The Morgan fingerprint density at radius 1 is 1.00 bits per heavy atom. The van der Waals surface area contributed by atoms with Crippen LogP contribution < -0.4 is 6.15 Å². The highest BCUT2D eigenvalue weighted by molar-refractivity contribution is 7.59. The fraction of sp³-hybridized carbons (Fsp3) is 1.00. The van der Waals surface area contributed by atoms with Crippen molar-refractivity contribution in [2.75, 3.05) is 0 Å². The van der Waals surface area contributed by atoms with E-state index in [1.807, 2.05) is 0 Å². The largest absolute Gasteiger partial charge is 0.344 e. The van der Waals surface area contributed by atoms with Crippen LogP contribution >= 0.6 is 23.4 Å². The molecule has 0 aromatic rings. The van der Waals surface area contributed by atoms with E-state index in [0.717, 1.165) is 0 Å². The molecule has 3 N–H and O–H groups in total. The van der Waals surface area contributed by atoms with Crippen molar-refractivity contribution in [2.45, 2.75) is 7.43 Å². The molecule has 1 unspecified atom stereocenters. The molecule has 4 heteroatoms. The number of rotatable bonds is 0. The summed E-state index contributed by atoms with van der Waals surface area (Å²) in [6.45, 7) is 0. The molecule has 0 aromatic heterocycles. The Hall–Kier alpha value is 0.805. The van der Waals surface area contributed by atoms with E-state index >= 15 is 0 Å². The highest BCUT2D eigenvalue weighted by atomic mass is 32.1. The first-order valence-electron chi connectivity index (χ1n) is 0. The van der Waals surface area contributed by atoms with Gasteiger partial charge in [0.2, 0.25) is 0 Å². The van der Waals surface area contributed by atoms with Crippen LogP contribution in [0.3, 0.4) is 0 Å². The second kappa shape index (κ2) is 107. The average molecular weight is 112 g/mol. The van der Waals surface area contributed by atoms with Crippen LogP contribution in [0.2, 0.25) is 0 Å². The van der Waals surface area contributed by atoms with Crippen LogP contribution in [-0.4, -0.2) is 8.41 Å². The zero-order chi connectivity index (χ0) is 0. The summed E-state index contributed by atoms with van der Waals surface area (Å²) in [7, 11) is 0. The van der Waals surface area contributed by atoms with Gasteiger partial charge in [-0.1, -0.05) is 7.43 Å². The predicted octanol–water partition coefficient (Wildman–Crippen LogP) is 0.588. The lowest BCUT2D eigenvalue weighted by molar-refractivity contribution is 2.13. The molecule has 35 valence electrons. The molecule has 0 aliphatic carbocycles. The molecule has 0 rings (SSSR count). The molecule has 0 bridgehead atoms. The van der Waals surface area contributed by atoms with E-state index < -0.39 is 0 Å². The molecule has 0 fully saturated rings. The van der Waals surface area contributed by atoms with Gasteiger partial charge in [0.15, 0.2) is 0 Å². The van der Waals surface area contributed by atoms with Gasteiger partial charge in [0, 0.05) is 8.41 Å². The SMILES string of the molecule is C.N.P.S.[B]. The monoisotopic (exact) mass is 112 g/mol. The lowest BCUT2D eigenvalue weighted by Crippen LogP contribution is -0.481.